The Morgan fingerprint density at radius 3 is 2.83 bits per heavy atom. The van der Waals surface area contributed by atoms with Gasteiger partial charge in [-0.05, 0) is 42.2 Å². The van der Waals surface area contributed by atoms with Gasteiger partial charge in [0.15, 0.2) is 0 Å². The minimum absolute atomic E-state index is 0.468. The van der Waals surface area contributed by atoms with Crippen LogP contribution in [0.5, 0.6) is 0 Å². The maximum Gasteiger partial charge on any atom is 0.0458 e. The zero-order valence-electron chi connectivity index (χ0n) is 11.7. The predicted octanol–water partition coefficient (Wildman–Crippen LogP) is 4.71. The van der Waals surface area contributed by atoms with Gasteiger partial charge < -0.3 is 4.98 Å². The molecule has 0 saturated heterocycles. The summed E-state index contributed by atoms with van der Waals surface area (Å²) in [5.41, 5.74) is 4.86. The Bertz CT molecular complexity index is 562. The van der Waals surface area contributed by atoms with E-state index in [1.165, 1.54) is 42.3 Å². The molecule has 0 amide bonds. The van der Waals surface area contributed by atoms with Crippen LogP contribution in [0.3, 0.4) is 0 Å². The largest absolute Gasteiger partial charge is 0.358 e. The molecule has 0 radical (unpaired) electrons. The van der Waals surface area contributed by atoms with Gasteiger partial charge in [0.05, 0.1) is 0 Å². The molecule has 96 valence electrons. The fourth-order valence-corrected chi connectivity index (χ4v) is 3.33. The number of hydrogen-bond donors (Lipinski definition) is 1. The van der Waals surface area contributed by atoms with Crippen LogP contribution < -0.4 is 0 Å². The van der Waals surface area contributed by atoms with E-state index in [2.05, 4.69) is 50.0 Å². The molecule has 1 aliphatic rings. The van der Waals surface area contributed by atoms with Gasteiger partial charge in [-0.1, -0.05) is 45.4 Å². The van der Waals surface area contributed by atoms with Crippen LogP contribution in [0, 0.1) is 11.3 Å². The van der Waals surface area contributed by atoms with E-state index in [1.807, 2.05) is 0 Å². The average Bonchev–Trinajstić information content (AvgIpc) is 2.76. The maximum atomic E-state index is 3.61. The summed E-state index contributed by atoms with van der Waals surface area (Å²) in [4.78, 5) is 3.61. The second kappa shape index (κ2) is 4.15. The Morgan fingerprint density at radius 1 is 1.28 bits per heavy atom. The van der Waals surface area contributed by atoms with Crippen molar-refractivity contribution in [2.75, 3.05) is 0 Å². The quantitative estimate of drug-likeness (QED) is 0.783. The fraction of sp³-hybridized carbons (Fsp3) is 0.529. The SMILES string of the molecule is CCC(C)(C)C1CCc2[nH]c3ccccc3c2C1. The number of hydrogen-bond acceptors (Lipinski definition) is 0. The molecule has 0 bridgehead atoms. The summed E-state index contributed by atoms with van der Waals surface area (Å²) in [6.45, 7) is 7.18. The molecule has 1 aromatic carbocycles. The zero-order chi connectivity index (χ0) is 12.8. The summed E-state index contributed by atoms with van der Waals surface area (Å²) in [5.74, 6) is 0.828. The van der Waals surface area contributed by atoms with Crippen molar-refractivity contribution in [2.45, 2.75) is 46.5 Å². The van der Waals surface area contributed by atoms with E-state index in [0.717, 1.165) is 5.92 Å². The first-order chi connectivity index (χ1) is 8.62. The van der Waals surface area contributed by atoms with E-state index in [9.17, 15) is 0 Å². The van der Waals surface area contributed by atoms with E-state index in [-0.39, 0.29) is 0 Å². The van der Waals surface area contributed by atoms with E-state index < -0.39 is 0 Å². The number of fused-ring (bicyclic) bond motifs is 3. The fourth-order valence-electron chi connectivity index (χ4n) is 3.33. The molecule has 1 heteroatoms. The molecule has 1 N–H and O–H groups in total. The van der Waals surface area contributed by atoms with E-state index in [0.29, 0.717) is 5.41 Å². The lowest BCUT2D eigenvalue weighted by Crippen LogP contribution is -2.28. The Balaban J connectivity index is 2.01. The van der Waals surface area contributed by atoms with Gasteiger partial charge in [0.2, 0.25) is 0 Å². The van der Waals surface area contributed by atoms with Crippen molar-refractivity contribution in [3.05, 3.63) is 35.5 Å². The molecule has 0 saturated carbocycles. The van der Waals surface area contributed by atoms with Crippen molar-refractivity contribution in [1.82, 2.24) is 4.98 Å². The normalized spacial score (nSPS) is 20.1. The van der Waals surface area contributed by atoms with Crippen molar-refractivity contribution in [2.24, 2.45) is 11.3 Å². The number of benzene rings is 1. The van der Waals surface area contributed by atoms with Crippen molar-refractivity contribution < 1.29 is 0 Å². The lowest BCUT2D eigenvalue weighted by molar-refractivity contribution is 0.183. The summed E-state index contributed by atoms with van der Waals surface area (Å²) in [7, 11) is 0. The van der Waals surface area contributed by atoms with Crippen LogP contribution in [0.25, 0.3) is 10.9 Å². The zero-order valence-corrected chi connectivity index (χ0v) is 11.7. The Morgan fingerprint density at radius 2 is 2.06 bits per heavy atom. The highest BCUT2D eigenvalue weighted by molar-refractivity contribution is 5.84. The van der Waals surface area contributed by atoms with Crippen molar-refractivity contribution in [3.8, 4) is 0 Å². The van der Waals surface area contributed by atoms with Crippen LogP contribution in [0.15, 0.2) is 24.3 Å². The molecule has 3 rings (SSSR count). The van der Waals surface area contributed by atoms with Gasteiger partial charge in [-0.2, -0.15) is 0 Å². The smallest absolute Gasteiger partial charge is 0.0458 e. The molecule has 0 aliphatic heterocycles. The van der Waals surface area contributed by atoms with Gasteiger partial charge in [0.25, 0.3) is 0 Å². The summed E-state index contributed by atoms with van der Waals surface area (Å²) in [6.07, 6.45) is 5.08. The second-order valence-corrected chi connectivity index (χ2v) is 6.41. The highest BCUT2D eigenvalue weighted by Gasteiger charge is 2.32. The number of nitrogens with one attached hydrogen (secondary N) is 1. The van der Waals surface area contributed by atoms with Crippen LogP contribution in [-0.2, 0) is 12.8 Å². The molecular formula is C17H23N. The number of aryl methyl sites for hydroxylation is 1. The minimum atomic E-state index is 0.468. The summed E-state index contributed by atoms with van der Waals surface area (Å²) >= 11 is 0. The number of aromatic nitrogens is 1. The summed E-state index contributed by atoms with van der Waals surface area (Å²) in [6, 6.07) is 8.75. The Labute approximate surface area is 110 Å². The van der Waals surface area contributed by atoms with Gasteiger partial charge in [-0.15, -0.1) is 0 Å². The van der Waals surface area contributed by atoms with Crippen LogP contribution in [0.1, 0.15) is 44.9 Å². The summed E-state index contributed by atoms with van der Waals surface area (Å²) < 4.78 is 0. The average molecular weight is 241 g/mol. The highest BCUT2D eigenvalue weighted by Crippen LogP contribution is 2.41. The first-order valence-electron chi connectivity index (χ1n) is 7.20. The molecule has 1 unspecified atom stereocenters. The third-order valence-electron chi connectivity index (χ3n) is 5.11. The molecule has 1 aromatic heterocycles. The first kappa shape index (κ1) is 11.8. The first-order valence-corrected chi connectivity index (χ1v) is 7.20. The van der Waals surface area contributed by atoms with Gasteiger partial charge >= 0.3 is 0 Å². The van der Waals surface area contributed by atoms with Crippen molar-refractivity contribution in [1.29, 1.82) is 0 Å². The molecule has 2 aromatic rings. The number of rotatable bonds is 2. The van der Waals surface area contributed by atoms with E-state index in [1.54, 1.807) is 5.56 Å². The van der Waals surface area contributed by atoms with Gasteiger partial charge in [0.1, 0.15) is 0 Å². The Hall–Kier alpha value is -1.24. The lowest BCUT2D eigenvalue weighted by Gasteiger charge is -2.36. The van der Waals surface area contributed by atoms with Crippen LogP contribution in [0.2, 0.25) is 0 Å². The highest BCUT2D eigenvalue weighted by atomic mass is 14.7. The molecule has 18 heavy (non-hydrogen) atoms. The lowest BCUT2D eigenvalue weighted by atomic mass is 9.69. The van der Waals surface area contributed by atoms with E-state index in [4.69, 9.17) is 0 Å². The predicted molar refractivity (Wildman–Crippen MR) is 77.9 cm³/mol. The molecular weight excluding hydrogens is 218 g/mol. The van der Waals surface area contributed by atoms with Crippen molar-refractivity contribution >= 4 is 10.9 Å². The molecule has 1 nitrogen and oxygen atoms in total. The summed E-state index contributed by atoms with van der Waals surface area (Å²) in [5, 5.41) is 1.45. The molecule has 0 fully saturated rings. The standard InChI is InChI=1S/C17H23N/c1-4-17(2,3)12-9-10-16-14(11-12)13-7-5-6-8-15(13)18-16/h5-8,12,18H,4,9-11H2,1-3H3. The molecule has 1 atom stereocenters. The van der Waals surface area contributed by atoms with Crippen LogP contribution >= 0.6 is 0 Å². The number of para-hydroxylation sites is 1. The molecule has 0 spiro atoms. The van der Waals surface area contributed by atoms with Gasteiger partial charge in [0, 0.05) is 16.6 Å². The third kappa shape index (κ3) is 1.77. The monoisotopic (exact) mass is 241 g/mol. The number of H-pyrrole nitrogens is 1. The Kier molecular flexibility index (Phi) is 2.73. The van der Waals surface area contributed by atoms with Crippen LogP contribution in [0.4, 0.5) is 0 Å². The topological polar surface area (TPSA) is 15.8 Å². The van der Waals surface area contributed by atoms with Crippen LogP contribution in [-0.4, -0.2) is 4.98 Å². The molecule has 1 aliphatic carbocycles. The maximum absolute atomic E-state index is 3.61. The van der Waals surface area contributed by atoms with E-state index >= 15 is 0 Å². The van der Waals surface area contributed by atoms with Crippen molar-refractivity contribution in [3.63, 3.8) is 0 Å². The van der Waals surface area contributed by atoms with Gasteiger partial charge in [-0.25, -0.2) is 0 Å². The van der Waals surface area contributed by atoms with Gasteiger partial charge in [-0.3, -0.25) is 0 Å². The third-order valence-corrected chi connectivity index (χ3v) is 5.11. The molecule has 1 heterocycles. The minimum Gasteiger partial charge on any atom is -0.358 e. The number of aromatic amines is 1. The second-order valence-electron chi connectivity index (χ2n) is 6.41.